The van der Waals surface area contributed by atoms with Crippen LogP contribution in [0.2, 0.25) is 0 Å². The summed E-state index contributed by atoms with van der Waals surface area (Å²) in [7, 11) is 0. The molecular weight excluding hydrogens is 234 g/mol. The molecule has 0 radical (unpaired) electrons. The molecule has 17 heavy (non-hydrogen) atoms. The molecule has 0 saturated heterocycles. The van der Waals surface area contributed by atoms with Crippen LogP contribution < -0.4 is 5.73 Å². The van der Waals surface area contributed by atoms with Crippen LogP contribution in [0.5, 0.6) is 0 Å². The Bertz CT molecular complexity index is 669. The molecule has 0 aromatic carbocycles. The van der Waals surface area contributed by atoms with Gasteiger partial charge in [0.15, 0.2) is 5.65 Å². The number of nitrogens with zero attached hydrogens (tertiary/aromatic N) is 3. The molecule has 0 aliphatic rings. The first-order valence-electron chi connectivity index (χ1n) is 5.22. The standard InChI is InChI=1S/C11H11N5S/c1-6-2-3-17-8(6)4-7-9-10(14-5-13-9)16-11(12)15-7/h2-3,5H,4H2,1H3,(H3,12,13,14,15,16). The number of nitrogens with two attached hydrogens (primary N) is 1. The van der Waals surface area contributed by atoms with Crippen LogP contribution in [0.1, 0.15) is 16.1 Å². The lowest BCUT2D eigenvalue weighted by Crippen LogP contribution is -2.01. The highest BCUT2D eigenvalue weighted by molar-refractivity contribution is 7.10. The summed E-state index contributed by atoms with van der Waals surface area (Å²) in [4.78, 5) is 16.8. The molecule has 3 N–H and O–H groups in total. The predicted molar refractivity (Wildman–Crippen MR) is 68.0 cm³/mol. The first-order chi connectivity index (χ1) is 8.24. The van der Waals surface area contributed by atoms with Crippen LogP contribution in [-0.2, 0) is 6.42 Å². The van der Waals surface area contributed by atoms with Crippen molar-refractivity contribution in [2.24, 2.45) is 0 Å². The van der Waals surface area contributed by atoms with Crippen molar-refractivity contribution in [1.82, 2.24) is 19.9 Å². The van der Waals surface area contributed by atoms with Gasteiger partial charge in [-0.3, -0.25) is 0 Å². The minimum absolute atomic E-state index is 0.272. The maximum atomic E-state index is 5.68. The SMILES string of the molecule is Cc1ccsc1Cc1nc(N)nc2nc[nH]c12. The molecule has 0 aliphatic heterocycles. The van der Waals surface area contributed by atoms with Gasteiger partial charge in [-0.25, -0.2) is 9.97 Å². The molecule has 5 nitrogen and oxygen atoms in total. The fourth-order valence-corrected chi connectivity index (χ4v) is 2.69. The number of thiophene rings is 1. The average Bonchev–Trinajstić information content (AvgIpc) is 2.88. The highest BCUT2D eigenvalue weighted by Gasteiger charge is 2.10. The molecule has 0 atom stereocenters. The highest BCUT2D eigenvalue weighted by atomic mass is 32.1. The van der Waals surface area contributed by atoms with Crippen molar-refractivity contribution in [2.75, 3.05) is 5.73 Å². The Morgan fingerprint density at radius 1 is 1.41 bits per heavy atom. The summed E-state index contributed by atoms with van der Waals surface area (Å²) in [5, 5.41) is 2.08. The summed E-state index contributed by atoms with van der Waals surface area (Å²) in [5.74, 6) is 0.272. The van der Waals surface area contributed by atoms with Crippen molar-refractivity contribution < 1.29 is 0 Å². The van der Waals surface area contributed by atoms with E-state index in [4.69, 9.17) is 5.73 Å². The molecule has 0 fully saturated rings. The van der Waals surface area contributed by atoms with Gasteiger partial charge >= 0.3 is 0 Å². The number of fused-ring (bicyclic) bond motifs is 1. The number of rotatable bonds is 2. The molecule has 0 aliphatic carbocycles. The van der Waals surface area contributed by atoms with Crippen LogP contribution in [0.15, 0.2) is 17.8 Å². The molecule has 0 unspecified atom stereocenters. The van der Waals surface area contributed by atoms with E-state index in [1.54, 1.807) is 17.7 Å². The zero-order valence-corrected chi connectivity index (χ0v) is 10.1. The fraction of sp³-hybridized carbons (Fsp3) is 0.182. The minimum Gasteiger partial charge on any atom is -0.368 e. The molecule has 0 spiro atoms. The second-order valence-electron chi connectivity index (χ2n) is 3.83. The summed E-state index contributed by atoms with van der Waals surface area (Å²) in [6.07, 6.45) is 2.37. The Morgan fingerprint density at radius 2 is 2.29 bits per heavy atom. The topological polar surface area (TPSA) is 80.5 Å². The summed E-state index contributed by atoms with van der Waals surface area (Å²) in [5.41, 5.74) is 9.35. The van der Waals surface area contributed by atoms with E-state index in [1.165, 1.54) is 10.4 Å². The number of nitrogens with one attached hydrogen (secondary N) is 1. The second kappa shape index (κ2) is 3.81. The van der Waals surface area contributed by atoms with E-state index >= 15 is 0 Å². The lowest BCUT2D eigenvalue weighted by atomic mass is 10.2. The van der Waals surface area contributed by atoms with Gasteiger partial charge in [-0.1, -0.05) is 0 Å². The average molecular weight is 245 g/mol. The molecule has 6 heteroatoms. The quantitative estimate of drug-likeness (QED) is 0.722. The fourth-order valence-electron chi connectivity index (χ4n) is 1.78. The lowest BCUT2D eigenvalue weighted by Gasteiger charge is -2.02. The van der Waals surface area contributed by atoms with Gasteiger partial charge in [0, 0.05) is 11.3 Å². The summed E-state index contributed by atoms with van der Waals surface area (Å²) in [6.45, 7) is 2.10. The van der Waals surface area contributed by atoms with Gasteiger partial charge in [0.05, 0.1) is 12.0 Å². The number of aromatic nitrogens is 4. The van der Waals surface area contributed by atoms with Gasteiger partial charge in [0.25, 0.3) is 0 Å². The van der Waals surface area contributed by atoms with Crippen LogP contribution in [0.3, 0.4) is 0 Å². The highest BCUT2D eigenvalue weighted by Crippen LogP contribution is 2.22. The van der Waals surface area contributed by atoms with Crippen molar-refractivity contribution in [3.63, 3.8) is 0 Å². The molecule has 3 heterocycles. The zero-order chi connectivity index (χ0) is 11.8. The molecule has 0 saturated carbocycles. The van der Waals surface area contributed by atoms with Crippen LogP contribution in [-0.4, -0.2) is 19.9 Å². The molecule has 3 aromatic heterocycles. The third-order valence-electron chi connectivity index (χ3n) is 2.67. The maximum absolute atomic E-state index is 5.68. The summed E-state index contributed by atoms with van der Waals surface area (Å²) >= 11 is 1.73. The Morgan fingerprint density at radius 3 is 3.06 bits per heavy atom. The summed E-state index contributed by atoms with van der Waals surface area (Å²) in [6, 6.07) is 2.11. The van der Waals surface area contributed by atoms with Gasteiger partial charge in [0.2, 0.25) is 5.95 Å². The van der Waals surface area contributed by atoms with Crippen molar-refractivity contribution in [2.45, 2.75) is 13.3 Å². The largest absolute Gasteiger partial charge is 0.368 e. The lowest BCUT2D eigenvalue weighted by molar-refractivity contribution is 1.07. The number of anilines is 1. The monoisotopic (exact) mass is 245 g/mol. The number of aromatic amines is 1. The van der Waals surface area contributed by atoms with Gasteiger partial charge in [-0.05, 0) is 23.9 Å². The number of imidazole rings is 1. The number of aryl methyl sites for hydroxylation is 1. The maximum Gasteiger partial charge on any atom is 0.222 e. The third kappa shape index (κ3) is 1.76. The van der Waals surface area contributed by atoms with Crippen LogP contribution in [0.25, 0.3) is 11.2 Å². The van der Waals surface area contributed by atoms with Crippen LogP contribution >= 0.6 is 11.3 Å². The molecule has 0 bridgehead atoms. The second-order valence-corrected chi connectivity index (χ2v) is 4.83. The number of hydrogen-bond donors (Lipinski definition) is 2. The van der Waals surface area contributed by atoms with Gasteiger partial charge in [0.1, 0.15) is 5.52 Å². The third-order valence-corrected chi connectivity index (χ3v) is 3.70. The van der Waals surface area contributed by atoms with Crippen molar-refractivity contribution in [1.29, 1.82) is 0 Å². The molecular formula is C11H11N5S. The number of nitrogen functional groups attached to an aromatic ring is 1. The predicted octanol–water partition coefficient (Wildman–Crippen LogP) is 1.90. The minimum atomic E-state index is 0.272. The van der Waals surface area contributed by atoms with Crippen molar-refractivity contribution in [3.8, 4) is 0 Å². The Balaban J connectivity index is 2.11. The number of hydrogen-bond acceptors (Lipinski definition) is 5. The van der Waals surface area contributed by atoms with E-state index in [0.717, 1.165) is 17.6 Å². The molecule has 3 aromatic rings. The Kier molecular flexibility index (Phi) is 2.29. The summed E-state index contributed by atoms with van der Waals surface area (Å²) < 4.78 is 0. The Labute approximate surface area is 102 Å². The van der Waals surface area contributed by atoms with E-state index in [9.17, 15) is 0 Å². The molecule has 86 valence electrons. The smallest absolute Gasteiger partial charge is 0.222 e. The van der Waals surface area contributed by atoms with Crippen molar-refractivity contribution >= 4 is 28.4 Å². The van der Waals surface area contributed by atoms with Crippen LogP contribution in [0.4, 0.5) is 5.95 Å². The van der Waals surface area contributed by atoms with Gasteiger partial charge < -0.3 is 10.7 Å². The van der Waals surface area contributed by atoms with Gasteiger partial charge in [-0.15, -0.1) is 11.3 Å². The molecule has 3 rings (SSSR count). The van der Waals surface area contributed by atoms with Crippen molar-refractivity contribution in [3.05, 3.63) is 33.9 Å². The van der Waals surface area contributed by atoms with Crippen LogP contribution in [0, 0.1) is 6.92 Å². The van der Waals surface area contributed by atoms with E-state index in [0.29, 0.717) is 5.65 Å². The normalized spacial score (nSPS) is 11.1. The first kappa shape index (κ1) is 10.2. The van der Waals surface area contributed by atoms with E-state index in [-0.39, 0.29) is 5.95 Å². The van der Waals surface area contributed by atoms with Gasteiger partial charge in [-0.2, -0.15) is 4.98 Å². The molecule has 0 amide bonds. The Hall–Kier alpha value is -1.95. The number of H-pyrrole nitrogens is 1. The zero-order valence-electron chi connectivity index (χ0n) is 9.27. The van der Waals surface area contributed by atoms with E-state index < -0.39 is 0 Å². The van der Waals surface area contributed by atoms with E-state index in [1.807, 2.05) is 0 Å². The first-order valence-corrected chi connectivity index (χ1v) is 6.10. The van der Waals surface area contributed by atoms with E-state index in [2.05, 4.69) is 38.3 Å².